The van der Waals surface area contributed by atoms with Crippen molar-refractivity contribution < 1.29 is 19.4 Å². The molecule has 0 saturated heterocycles. The second kappa shape index (κ2) is 7.93. The largest absolute Gasteiger partial charge is 0.466 e. The van der Waals surface area contributed by atoms with Crippen molar-refractivity contribution in [3.05, 3.63) is 23.8 Å². The van der Waals surface area contributed by atoms with E-state index in [1.54, 1.807) is 0 Å². The number of carbonyl (C=O) groups is 2. The van der Waals surface area contributed by atoms with E-state index in [9.17, 15) is 14.7 Å². The molecule has 30 heavy (non-hydrogen) atoms. The van der Waals surface area contributed by atoms with E-state index in [4.69, 9.17) is 4.74 Å². The summed E-state index contributed by atoms with van der Waals surface area (Å²) >= 11 is 0. The van der Waals surface area contributed by atoms with Crippen LogP contribution >= 0.6 is 0 Å². The summed E-state index contributed by atoms with van der Waals surface area (Å²) in [4.78, 5) is 25.6. The van der Waals surface area contributed by atoms with Crippen LogP contribution in [0.25, 0.3) is 0 Å². The van der Waals surface area contributed by atoms with Crippen molar-refractivity contribution >= 4 is 11.8 Å². The minimum Gasteiger partial charge on any atom is -0.466 e. The molecule has 0 aromatic carbocycles. The number of aliphatic hydroxyl groups excluding tert-OH is 1. The van der Waals surface area contributed by atoms with Gasteiger partial charge in [0.1, 0.15) is 5.78 Å². The fraction of sp³-hybridized carbons (Fsp3) is 0.769. The Morgan fingerprint density at radius 2 is 2.03 bits per heavy atom. The van der Waals surface area contributed by atoms with Gasteiger partial charge in [0.25, 0.3) is 0 Å². The standard InChI is InChI=1S/C26H38O4/c1-5-30-24(29)11-6-16(2)20-9-10-21-19-8-7-17-14-18(27)12-13-25(17,3)22(19)15-23(28)26(20,21)4/h7-8,14,16,18-22,27H,5-6,9-13,15H2,1-4H3/t16-,18?,19+,20-,21+,22+,25+,26-/m1/s1. The third kappa shape index (κ3) is 3.30. The fourth-order valence-corrected chi connectivity index (χ4v) is 7.58. The van der Waals surface area contributed by atoms with Gasteiger partial charge in [0, 0.05) is 18.3 Å². The Morgan fingerprint density at radius 1 is 1.27 bits per heavy atom. The van der Waals surface area contributed by atoms with Gasteiger partial charge >= 0.3 is 5.97 Å². The molecule has 4 rings (SSSR count). The minimum absolute atomic E-state index is 0.00322. The molecule has 2 fully saturated rings. The third-order valence-corrected chi connectivity index (χ3v) is 9.37. The Hall–Kier alpha value is -1.42. The van der Waals surface area contributed by atoms with Gasteiger partial charge in [-0.05, 0) is 79.6 Å². The molecule has 0 spiro atoms. The van der Waals surface area contributed by atoms with Crippen LogP contribution in [0.5, 0.6) is 0 Å². The summed E-state index contributed by atoms with van der Waals surface area (Å²) in [6.45, 7) is 9.03. The highest BCUT2D eigenvalue weighted by Crippen LogP contribution is 2.65. The molecule has 4 heteroatoms. The SMILES string of the molecule is CCOC(=O)CC[C@@H](C)[C@H]1CC[C@H]2[C@@H]3C=CC4=CC(O)CC[C@]4(C)[C@H]3CC(=O)[C@]12C. The van der Waals surface area contributed by atoms with Crippen LogP contribution in [0.4, 0.5) is 0 Å². The Balaban J connectivity index is 1.56. The van der Waals surface area contributed by atoms with Gasteiger partial charge in [-0.2, -0.15) is 0 Å². The van der Waals surface area contributed by atoms with E-state index in [0.717, 1.165) is 32.1 Å². The molecule has 4 nitrogen and oxygen atoms in total. The number of fused-ring (bicyclic) bond motifs is 5. The number of hydrogen-bond acceptors (Lipinski definition) is 4. The monoisotopic (exact) mass is 414 g/mol. The molecule has 4 aliphatic rings. The first-order valence-corrected chi connectivity index (χ1v) is 12.0. The molecule has 0 bridgehead atoms. The normalized spacial score (nSPS) is 43.3. The first-order chi connectivity index (χ1) is 14.2. The molecule has 8 atom stereocenters. The molecule has 0 heterocycles. The van der Waals surface area contributed by atoms with Crippen LogP contribution in [-0.4, -0.2) is 29.6 Å². The topological polar surface area (TPSA) is 63.6 Å². The van der Waals surface area contributed by atoms with Crippen LogP contribution in [0.3, 0.4) is 0 Å². The highest BCUT2D eigenvalue weighted by atomic mass is 16.5. The molecule has 0 aromatic heterocycles. The van der Waals surface area contributed by atoms with E-state index in [-0.39, 0.29) is 22.9 Å². The first kappa shape index (κ1) is 21.8. The molecule has 0 amide bonds. The molecular weight excluding hydrogens is 376 g/mol. The Morgan fingerprint density at radius 3 is 2.77 bits per heavy atom. The molecule has 0 radical (unpaired) electrons. The van der Waals surface area contributed by atoms with E-state index in [0.29, 0.717) is 54.8 Å². The van der Waals surface area contributed by atoms with Crippen LogP contribution in [-0.2, 0) is 14.3 Å². The summed E-state index contributed by atoms with van der Waals surface area (Å²) in [6.07, 6.45) is 12.1. The van der Waals surface area contributed by atoms with Gasteiger partial charge in [-0.1, -0.05) is 39.0 Å². The molecule has 4 aliphatic carbocycles. The van der Waals surface area contributed by atoms with Crippen molar-refractivity contribution in [1.82, 2.24) is 0 Å². The maximum Gasteiger partial charge on any atom is 0.305 e. The average molecular weight is 415 g/mol. The van der Waals surface area contributed by atoms with E-state index in [2.05, 4.69) is 32.9 Å². The fourth-order valence-electron chi connectivity index (χ4n) is 7.58. The maximum atomic E-state index is 13.7. The summed E-state index contributed by atoms with van der Waals surface area (Å²) < 4.78 is 5.11. The number of allylic oxidation sites excluding steroid dienone is 3. The maximum absolute atomic E-state index is 13.7. The van der Waals surface area contributed by atoms with E-state index in [1.807, 2.05) is 13.0 Å². The molecular formula is C26H38O4. The van der Waals surface area contributed by atoms with Crippen molar-refractivity contribution in [1.29, 1.82) is 0 Å². The van der Waals surface area contributed by atoms with E-state index >= 15 is 0 Å². The van der Waals surface area contributed by atoms with Gasteiger partial charge in [-0.25, -0.2) is 0 Å². The van der Waals surface area contributed by atoms with Crippen LogP contribution in [0.1, 0.15) is 72.6 Å². The Labute approximate surface area is 181 Å². The van der Waals surface area contributed by atoms with E-state index in [1.165, 1.54) is 5.57 Å². The molecule has 2 saturated carbocycles. The van der Waals surface area contributed by atoms with Crippen LogP contribution in [0.15, 0.2) is 23.8 Å². The summed E-state index contributed by atoms with van der Waals surface area (Å²) in [6, 6.07) is 0. The lowest BCUT2D eigenvalue weighted by atomic mass is 9.47. The smallest absolute Gasteiger partial charge is 0.305 e. The van der Waals surface area contributed by atoms with Crippen LogP contribution < -0.4 is 0 Å². The molecule has 0 aliphatic heterocycles. The lowest BCUT2D eigenvalue weighted by molar-refractivity contribution is -0.145. The van der Waals surface area contributed by atoms with Crippen molar-refractivity contribution in [2.75, 3.05) is 6.61 Å². The van der Waals surface area contributed by atoms with Gasteiger partial charge in [0.05, 0.1) is 12.7 Å². The van der Waals surface area contributed by atoms with Crippen molar-refractivity contribution in [2.45, 2.75) is 78.7 Å². The van der Waals surface area contributed by atoms with Crippen molar-refractivity contribution in [3.63, 3.8) is 0 Å². The lowest BCUT2D eigenvalue weighted by Crippen LogP contribution is -2.54. The van der Waals surface area contributed by atoms with Gasteiger partial charge in [-0.15, -0.1) is 0 Å². The predicted molar refractivity (Wildman–Crippen MR) is 117 cm³/mol. The van der Waals surface area contributed by atoms with E-state index < -0.39 is 0 Å². The molecule has 0 aromatic rings. The predicted octanol–water partition coefficient (Wildman–Crippen LogP) is 4.86. The molecule has 1 unspecified atom stereocenters. The highest BCUT2D eigenvalue weighted by Gasteiger charge is 2.62. The number of Topliss-reactive ketones (excluding diaryl/α,β-unsaturated/α-hetero) is 1. The van der Waals surface area contributed by atoms with Crippen LogP contribution in [0, 0.1) is 40.4 Å². The summed E-state index contributed by atoms with van der Waals surface area (Å²) in [7, 11) is 0. The van der Waals surface area contributed by atoms with Gasteiger partial charge in [-0.3, -0.25) is 9.59 Å². The number of aliphatic hydroxyl groups is 1. The zero-order chi connectivity index (χ0) is 21.7. The Kier molecular flexibility index (Phi) is 5.76. The average Bonchev–Trinajstić information content (AvgIpc) is 3.07. The first-order valence-electron chi connectivity index (χ1n) is 12.0. The summed E-state index contributed by atoms with van der Waals surface area (Å²) in [5.41, 5.74) is 0.950. The quantitative estimate of drug-likeness (QED) is 0.653. The zero-order valence-electron chi connectivity index (χ0n) is 19.0. The number of hydrogen-bond donors (Lipinski definition) is 1. The summed E-state index contributed by atoms with van der Waals surface area (Å²) in [5, 5.41) is 10.1. The van der Waals surface area contributed by atoms with Gasteiger partial charge in [0.2, 0.25) is 0 Å². The zero-order valence-corrected chi connectivity index (χ0v) is 19.0. The second-order valence-corrected chi connectivity index (χ2v) is 10.7. The number of ketones is 1. The minimum atomic E-state index is -0.352. The lowest BCUT2D eigenvalue weighted by Gasteiger charge is -2.56. The third-order valence-electron chi connectivity index (χ3n) is 9.37. The Bertz CT molecular complexity index is 767. The van der Waals surface area contributed by atoms with Gasteiger partial charge in [0.15, 0.2) is 0 Å². The highest BCUT2D eigenvalue weighted by molar-refractivity contribution is 5.87. The second-order valence-electron chi connectivity index (χ2n) is 10.7. The number of carbonyl (C=O) groups excluding carboxylic acids is 2. The molecule has 166 valence electrons. The van der Waals surface area contributed by atoms with Crippen molar-refractivity contribution in [2.24, 2.45) is 40.4 Å². The number of ether oxygens (including phenoxy) is 1. The van der Waals surface area contributed by atoms with Crippen molar-refractivity contribution in [3.8, 4) is 0 Å². The molecule has 1 N–H and O–H groups in total. The van der Waals surface area contributed by atoms with Crippen LogP contribution in [0.2, 0.25) is 0 Å². The number of esters is 1. The number of rotatable bonds is 5. The summed E-state index contributed by atoms with van der Waals surface area (Å²) in [5.74, 6) is 2.17. The van der Waals surface area contributed by atoms with Gasteiger partial charge < -0.3 is 9.84 Å².